The molecule has 0 saturated carbocycles. The lowest BCUT2D eigenvalue weighted by molar-refractivity contribution is -0.361. The average Bonchev–Trinajstić information content (AvgIpc) is 2.87. The highest BCUT2D eigenvalue weighted by Gasteiger charge is 2.75. The number of rotatable bonds is 2. The van der Waals surface area contributed by atoms with Gasteiger partial charge in [-0.15, -0.1) is 0 Å². The molecule has 0 aliphatic carbocycles. The van der Waals surface area contributed by atoms with Crippen molar-refractivity contribution in [2.24, 2.45) is 14.1 Å². The molecule has 0 atom stereocenters. The molecule has 23 heavy (non-hydrogen) atoms. The van der Waals surface area contributed by atoms with Gasteiger partial charge in [-0.3, -0.25) is 13.9 Å². The third-order valence-corrected chi connectivity index (χ3v) is 3.14. The van der Waals surface area contributed by atoms with Crippen LogP contribution in [0.25, 0.3) is 11.2 Å². The van der Waals surface area contributed by atoms with Gasteiger partial charge in [0.1, 0.15) is 5.52 Å². The fourth-order valence-corrected chi connectivity index (χ4v) is 1.80. The second-order valence-electron chi connectivity index (χ2n) is 4.64. The summed E-state index contributed by atoms with van der Waals surface area (Å²) in [7, 11) is 1.95. The largest absolute Gasteiger partial charge is 0.460 e. The molecule has 6 nitrogen and oxygen atoms in total. The van der Waals surface area contributed by atoms with Crippen LogP contribution in [-0.4, -0.2) is 31.2 Å². The quantitative estimate of drug-likeness (QED) is 0.831. The number of fused-ring (bicyclic) bond motifs is 1. The van der Waals surface area contributed by atoms with Crippen molar-refractivity contribution in [3.63, 3.8) is 0 Å². The van der Waals surface area contributed by atoms with Gasteiger partial charge in [-0.2, -0.15) is 30.7 Å². The molecule has 0 amide bonds. The van der Waals surface area contributed by atoms with Crippen molar-refractivity contribution in [2.45, 2.75) is 18.0 Å². The minimum Gasteiger partial charge on any atom is -0.331 e. The Morgan fingerprint density at radius 1 is 0.957 bits per heavy atom. The van der Waals surface area contributed by atoms with Gasteiger partial charge in [0.15, 0.2) is 11.5 Å². The van der Waals surface area contributed by atoms with Gasteiger partial charge in [0.25, 0.3) is 5.56 Å². The minimum atomic E-state index is -6.55. The number of nitrogens with zero attached hydrogens (tertiary/aromatic N) is 3. The van der Waals surface area contributed by atoms with Crippen molar-refractivity contribution in [3.05, 3.63) is 26.7 Å². The van der Waals surface area contributed by atoms with E-state index < -0.39 is 46.3 Å². The summed E-state index contributed by atoms with van der Waals surface area (Å²) in [5, 5.41) is 0. The highest BCUT2D eigenvalue weighted by Crippen LogP contribution is 2.51. The van der Waals surface area contributed by atoms with Crippen molar-refractivity contribution in [1.82, 2.24) is 19.1 Å². The van der Waals surface area contributed by atoms with Crippen LogP contribution in [0.4, 0.5) is 30.7 Å². The number of H-pyrrole nitrogens is 1. The Labute approximate surface area is 121 Å². The molecular weight excluding hydrogens is 341 g/mol. The van der Waals surface area contributed by atoms with Gasteiger partial charge in [0.05, 0.1) is 0 Å². The topological polar surface area (TPSA) is 72.7 Å². The van der Waals surface area contributed by atoms with Crippen molar-refractivity contribution in [2.75, 3.05) is 0 Å². The van der Waals surface area contributed by atoms with E-state index in [0.717, 1.165) is 14.1 Å². The van der Waals surface area contributed by atoms with Crippen molar-refractivity contribution in [3.8, 4) is 0 Å². The molecule has 0 radical (unpaired) electrons. The molecule has 0 spiro atoms. The third kappa shape index (κ3) is 2.13. The van der Waals surface area contributed by atoms with Crippen LogP contribution >= 0.6 is 0 Å². The summed E-state index contributed by atoms with van der Waals surface area (Å²) < 4.78 is 90.6. The van der Waals surface area contributed by atoms with E-state index in [1.54, 1.807) is 0 Å². The van der Waals surface area contributed by atoms with E-state index >= 15 is 0 Å². The molecule has 0 unspecified atom stereocenters. The van der Waals surface area contributed by atoms with Crippen LogP contribution in [0, 0.1) is 0 Å². The minimum absolute atomic E-state index is 0.449. The van der Waals surface area contributed by atoms with Crippen LogP contribution in [0.1, 0.15) is 5.82 Å². The second-order valence-corrected chi connectivity index (χ2v) is 4.64. The summed E-state index contributed by atoms with van der Waals surface area (Å²) in [6.07, 6.45) is -6.55. The van der Waals surface area contributed by atoms with Crippen LogP contribution in [0.5, 0.6) is 0 Å². The molecule has 2 aromatic heterocycles. The lowest BCUT2D eigenvalue weighted by Crippen LogP contribution is -2.50. The van der Waals surface area contributed by atoms with Crippen molar-refractivity contribution in [1.29, 1.82) is 0 Å². The van der Waals surface area contributed by atoms with Crippen molar-refractivity contribution >= 4 is 11.2 Å². The standard InChI is InChI=1S/C10H7F7N4O2/c1-20-4-3(5(22)21(2)7(20)23)18-6(19-4)8(11,12)9(13,14)10(15,16)17/h1-2H3,(H,18,19). The predicted molar refractivity (Wildman–Crippen MR) is 61.5 cm³/mol. The maximum Gasteiger partial charge on any atom is 0.460 e. The lowest BCUT2D eigenvalue weighted by Gasteiger charge is -2.26. The molecule has 2 heterocycles. The van der Waals surface area contributed by atoms with Gasteiger partial charge in [-0.1, -0.05) is 0 Å². The number of halogens is 7. The molecule has 0 bridgehead atoms. The van der Waals surface area contributed by atoms with Crippen LogP contribution in [0.3, 0.4) is 0 Å². The number of aromatic nitrogens is 4. The van der Waals surface area contributed by atoms with E-state index in [9.17, 15) is 40.3 Å². The normalized spacial score (nSPS) is 13.8. The van der Waals surface area contributed by atoms with E-state index in [1.807, 2.05) is 0 Å². The van der Waals surface area contributed by atoms with Gasteiger partial charge < -0.3 is 4.98 Å². The van der Waals surface area contributed by atoms with E-state index in [0.29, 0.717) is 9.13 Å². The maximum atomic E-state index is 13.6. The second kappa shape index (κ2) is 4.58. The molecule has 0 saturated heterocycles. The van der Waals surface area contributed by atoms with Gasteiger partial charge in [-0.05, 0) is 0 Å². The highest BCUT2D eigenvalue weighted by atomic mass is 19.4. The van der Waals surface area contributed by atoms with Gasteiger partial charge >= 0.3 is 23.7 Å². The molecule has 1 N–H and O–H groups in total. The van der Waals surface area contributed by atoms with Gasteiger partial charge in [0, 0.05) is 14.1 Å². The number of aryl methyl sites for hydroxylation is 1. The summed E-state index contributed by atoms with van der Waals surface area (Å²) in [4.78, 5) is 27.6. The van der Waals surface area contributed by atoms with Crippen LogP contribution < -0.4 is 11.2 Å². The fraction of sp³-hybridized carbons (Fsp3) is 0.500. The Balaban J connectivity index is 2.81. The van der Waals surface area contributed by atoms with Crippen LogP contribution in [0.2, 0.25) is 0 Å². The third-order valence-electron chi connectivity index (χ3n) is 3.14. The molecule has 13 heteroatoms. The van der Waals surface area contributed by atoms with E-state index in [-0.39, 0.29) is 0 Å². The molecule has 2 aromatic rings. The monoisotopic (exact) mass is 348 g/mol. The summed E-state index contributed by atoms with van der Waals surface area (Å²) in [6, 6.07) is 0. The summed E-state index contributed by atoms with van der Waals surface area (Å²) in [6.45, 7) is 0. The summed E-state index contributed by atoms with van der Waals surface area (Å²) >= 11 is 0. The Hall–Kier alpha value is -2.34. The molecule has 0 fully saturated rings. The first kappa shape index (κ1) is 17.0. The number of nitrogens with one attached hydrogen (secondary N) is 1. The number of hydrogen-bond acceptors (Lipinski definition) is 3. The fourth-order valence-electron chi connectivity index (χ4n) is 1.80. The van der Waals surface area contributed by atoms with E-state index in [1.165, 1.54) is 4.98 Å². The molecular formula is C10H7F7N4O2. The van der Waals surface area contributed by atoms with Crippen LogP contribution in [0.15, 0.2) is 9.59 Å². The van der Waals surface area contributed by atoms with E-state index in [4.69, 9.17) is 0 Å². The summed E-state index contributed by atoms with van der Waals surface area (Å²) in [5.74, 6) is -14.3. The average molecular weight is 348 g/mol. The SMILES string of the molecule is Cn1c(=O)c2[nH]c(C(F)(F)C(F)(F)C(F)(F)F)nc2n(C)c1=O. The molecule has 128 valence electrons. The first-order chi connectivity index (χ1) is 10.2. The zero-order chi connectivity index (χ0) is 18.0. The zero-order valence-electron chi connectivity index (χ0n) is 11.3. The molecule has 0 aromatic carbocycles. The predicted octanol–water partition coefficient (Wildman–Crippen LogP) is 1.25. The number of hydrogen-bond donors (Lipinski definition) is 1. The Morgan fingerprint density at radius 2 is 1.48 bits per heavy atom. The van der Waals surface area contributed by atoms with Gasteiger partial charge in [-0.25, -0.2) is 9.78 Å². The zero-order valence-corrected chi connectivity index (χ0v) is 11.3. The number of alkyl halides is 7. The Bertz CT molecular complexity index is 889. The first-order valence-corrected chi connectivity index (χ1v) is 5.72. The Kier molecular flexibility index (Phi) is 3.39. The summed E-state index contributed by atoms with van der Waals surface area (Å²) in [5.41, 5.74) is -3.80. The van der Waals surface area contributed by atoms with E-state index in [2.05, 4.69) is 4.98 Å². The molecule has 0 aliphatic heterocycles. The Morgan fingerprint density at radius 3 is 1.96 bits per heavy atom. The highest BCUT2D eigenvalue weighted by molar-refractivity contribution is 5.70. The first-order valence-electron chi connectivity index (χ1n) is 5.72. The smallest absolute Gasteiger partial charge is 0.331 e. The van der Waals surface area contributed by atoms with Gasteiger partial charge in [0.2, 0.25) is 0 Å². The maximum absolute atomic E-state index is 13.6. The molecule has 2 rings (SSSR count). The number of aromatic amines is 1. The lowest BCUT2D eigenvalue weighted by atomic mass is 10.1. The molecule has 0 aliphatic rings. The number of imidazole rings is 1. The van der Waals surface area contributed by atoms with Crippen molar-refractivity contribution < 1.29 is 30.7 Å². The van der Waals surface area contributed by atoms with Crippen LogP contribution in [-0.2, 0) is 20.0 Å².